The van der Waals surface area contributed by atoms with Crippen molar-refractivity contribution in [1.82, 2.24) is 0 Å². The SMILES string of the molecule is CCCCCc1ccc(CCc2ccc(OCC3CCC(CCCCC)CC3)cc2F)cc1. The fraction of sp³-hybridized carbons (Fsp3) is 0.613. The van der Waals surface area contributed by atoms with Gasteiger partial charge in [-0.05, 0) is 73.1 Å². The molecule has 2 aromatic rings. The zero-order valence-corrected chi connectivity index (χ0v) is 21.1. The summed E-state index contributed by atoms with van der Waals surface area (Å²) in [6.45, 7) is 5.24. The standard InChI is InChI=1S/C31H45FO/c1-3-5-7-9-25-11-13-27(14-12-25)19-20-29-21-22-30(23-31(29)32)33-24-28-17-15-26(16-18-28)10-8-6-4-2/h11-14,21-23,26,28H,3-10,15-20,24H2,1-2H3. The molecule has 0 N–H and O–H groups in total. The van der Waals surface area contributed by atoms with E-state index >= 15 is 0 Å². The summed E-state index contributed by atoms with van der Waals surface area (Å²) in [4.78, 5) is 0. The summed E-state index contributed by atoms with van der Waals surface area (Å²) in [7, 11) is 0. The molecule has 33 heavy (non-hydrogen) atoms. The summed E-state index contributed by atoms with van der Waals surface area (Å²) in [6, 6.07) is 14.3. The molecule has 0 saturated heterocycles. The van der Waals surface area contributed by atoms with E-state index in [2.05, 4.69) is 38.1 Å². The van der Waals surface area contributed by atoms with Gasteiger partial charge in [0.15, 0.2) is 0 Å². The van der Waals surface area contributed by atoms with E-state index in [-0.39, 0.29) is 5.82 Å². The number of rotatable bonds is 14. The molecule has 1 aliphatic carbocycles. The molecule has 1 aliphatic rings. The van der Waals surface area contributed by atoms with Crippen LogP contribution < -0.4 is 4.74 Å². The third-order valence-corrected chi connectivity index (χ3v) is 7.47. The molecule has 0 heterocycles. The van der Waals surface area contributed by atoms with Crippen molar-refractivity contribution in [1.29, 1.82) is 0 Å². The van der Waals surface area contributed by atoms with E-state index in [0.29, 0.717) is 11.7 Å². The van der Waals surface area contributed by atoms with Crippen LogP contribution in [-0.2, 0) is 19.3 Å². The quantitative estimate of drug-likeness (QED) is 0.260. The number of halogens is 1. The lowest BCUT2D eigenvalue weighted by molar-refractivity contribution is 0.177. The lowest BCUT2D eigenvalue weighted by atomic mass is 9.80. The average molecular weight is 453 g/mol. The predicted octanol–water partition coefficient (Wildman–Crippen LogP) is 9.11. The van der Waals surface area contributed by atoms with E-state index in [1.54, 1.807) is 6.07 Å². The molecule has 1 fully saturated rings. The van der Waals surface area contributed by atoms with Crippen molar-refractivity contribution in [2.24, 2.45) is 11.8 Å². The summed E-state index contributed by atoms with van der Waals surface area (Å²) in [5, 5.41) is 0. The van der Waals surface area contributed by atoms with Crippen molar-refractivity contribution in [3.05, 3.63) is 65.0 Å². The number of unbranched alkanes of at least 4 members (excludes halogenated alkanes) is 4. The highest BCUT2D eigenvalue weighted by molar-refractivity contribution is 5.30. The zero-order chi connectivity index (χ0) is 23.3. The van der Waals surface area contributed by atoms with Gasteiger partial charge in [-0.3, -0.25) is 0 Å². The van der Waals surface area contributed by atoms with Crippen LogP contribution >= 0.6 is 0 Å². The Morgan fingerprint density at radius 1 is 0.727 bits per heavy atom. The van der Waals surface area contributed by atoms with Crippen LogP contribution in [0.1, 0.15) is 101 Å². The Morgan fingerprint density at radius 3 is 2.03 bits per heavy atom. The van der Waals surface area contributed by atoms with Crippen LogP contribution in [0.5, 0.6) is 5.75 Å². The zero-order valence-electron chi connectivity index (χ0n) is 21.1. The van der Waals surface area contributed by atoms with E-state index in [1.165, 1.54) is 81.8 Å². The lowest BCUT2D eigenvalue weighted by Gasteiger charge is -2.28. The highest BCUT2D eigenvalue weighted by Crippen LogP contribution is 2.32. The topological polar surface area (TPSA) is 9.23 Å². The first-order chi connectivity index (χ1) is 16.2. The molecular weight excluding hydrogens is 407 g/mol. The molecule has 0 aliphatic heterocycles. The van der Waals surface area contributed by atoms with Crippen LogP contribution in [0.3, 0.4) is 0 Å². The normalized spacial score (nSPS) is 18.4. The average Bonchev–Trinajstić information content (AvgIpc) is 2.84. The first kappa shape index (κ1) is 25.8. The Hall–Kier alpha value is -1.83. The van der Waals surface area contributed by atoms with Gasteiger partial charge in [-0.1, -0.05) is 95.5 Å². The maximum Gasteiger partial charge on any atom is 0.130 e. The molecule has 0 spiro atoms. The molecule has 3 rings (SSSR count). The van der Waals surface area contributed by atoms with Gasteiger partial charge in [0.2, 0.25) is 0 Å². The van der Waals surface area contributed by atoms with Gasteiger partial charge < -0.3 is 4.74 Å². The third-order valence-electron chi connectivity index (χ3n) is 7.47. The Kier molecular flexibility index (Phi) is 11.3. The van der Waals surface area contributed by atoms with Crippen molar-refractivity contribution >= 4 is 0 Å². The lowest BCUT2D eigenvalue weighted by Crippen LogP contribution is -2.20. The van der Waals surface area contributed by atoms with Gasteiger partial charge in [-0.25, -0.2) is 4.39 Å². The van der Waals surface area contributed by atoms with Gasteiger partial charge >= 0.3 is 0 Å². The van der Waals surface area contributed by atoms with Crippen LogP contribution in [0.25, 0.3) is 0 Å². The smallest absolute Gasteiger partial charge is 0.130 e. The number of hydrogen-bond acceptors (Lipinski definition) is 1. The Labute approximate surface area is 202 Å². The largest absolute Gasteiger partial charge is 0.493 e. The van der Waals surface area contributed by atoms with Gasteiger partial charge in [0.05, 0.1) is 6.61 Å². The van der Waals surface area contributed by atoms with Crippen LogP contribution in [0.15, 0.2) is 42.5 Å². The van der Waals surface area contributed by atoms with E-state index in [1.807, 2.05) is 12.1 Å². The molecule has 0 aromatic heterocycles. The number of hydrogen-bond donors (Lipinski definition) is 0. The molecule has 0 unspecified atom stereocenters. The highest BCUT2D eigenvalue weighted by Gasteiger charge is 2.21. The first-order valence-corrected chi connectivity index (χ1v) is 13.7. The second-order valence-electron chi connectivity index (χ2n) is 10.2. The minimum absolute atomic E-state index is 0.136. The molecular formula is C31H45FO. The van der Waals surface area contributed by atoms with Crippen molar-refractivity contribution in [2.75, 3.05) is 6.61 Å². The molecule has 0 atom stereocenters. The van der Waals surface area contributed by atoms with Crippen molar-refractivity contribution < 1.29 is 9.13 Å². The fourth-order valence-corrected chi connectivity index (χ4v) is 5.14. The first-order valence-electron chi connectivity index (χ1n) is 13.7. The molecule has 1 nitrogen and oxygen atoms in total. The fourth-order valence-electron chi connectivity index (χ4n) is 5.14. The molecule has 1 saturated carbocycles. The van der Waals surface area contributed by atoms with E-state index in [9.17, 15) is 4.39 Å². The minimum atomic E-state index is -0.136. The summed E-state index contributed by atoms with van der Waals surface area (Å²) >= 11 is 0. The molecule has 2 heteroatoms. The molecule has 0 radical (unpaired) electrons. The molecule has 182 valence electrons. The molecule has 0 bridgehead atoms. The van der Waals surface area contributed by atoms with Gasteiger partial charge in [0.25, 0.3) is 0 Å². The van der Waals surface area contributed by atoms with Gasteiger partial charge in [0, 0.05) is 6.07 Å². The van der Waals surface area contributed by atoms with Crippen molar-refractivity contribution in [2.45, 2.75) is 104 Å². The van der Waals surface area contributed by atoms with Crippen molar-refractivity contribution in [3.63, 3.8) is 0 Å². The van der Waals surface area contributed by atoms with Crippen LogP contribution in [0, 0.1) is 17.7 Å². The molecule has 2 aromatic carbocycles. The second-order valence-corrected chi connectivity index (χ2v) is 10.2. The van der Waals surface area contributed by atoms with E-state index in [4.69, 9.17) is 4.74 Å². The van der Waals surface area contributed by atoms with Crippen molar-refractivity contribution in [3.8, 4) is 5.75 Å². The number of ether oxygens (including phenoxy) is 1. The molecule has 0 amide bonds. The Balaban J connectivity index is 1.38. The second kappa shape index (κ2) is 14.4. The summed E-state index contributed by atoms with van der Waals surface area (Å²) in [5.74, 6) is 2.09. The van der Waals surface area contributed by atoms with E-state index < -0.39 is 0 Å². The highest BCUT2D eigenvalue weighted by atomic mass is 19.1. The van der Waals surface area contributed by atoms with Crippen LogP contribution in [0.4, 0.5) is 4.39 Å². The van der Waals surface area contributed by atoms with Gasteiger partial charge in [0.1, 0.15) is 11.6 Å². The maximum absolute atomic E-state index is 14.7. The van der Waals surface area contributed by atoms with Crippen LogP contribution in [-0.4, -0.2) is 6.61 Å². The monoisotopic (exact) mass is 452 g/mol. The van der Waals surface area contributed by atoms with Gasteiger partial charge in [-0.2, -0.15) is 0 Å². The Morgan fingerprint density at radius 2 is 1.36 bits per heavy atom. The maximum atomic E-state index is 14.7. The number of benzene rings is 2. The Bertz CT molecular complexity index is 789. The predicted molar refractivity (Wildman–Crippen MR) is 139 cm³/mol. The number of aryl methyl sites for hydroxylation is 3. The van der Waals surface area contributed by atoms with E-state index in [0.717, 1.165) is 37.4 Å². The van der Waals surface area contributed by atoms with Gasteiger partial charge in [-0.15, -0.1) is 0 Å². The minimum Gasteiger partial charge on any atom is -0.493 e. The summed E-state index contributed by atoms with van der Waals surface area (Å²) in [6.07, 6.45) is 17.2. The third kappa shape index (κ3) is 9.14. The van der Waals surface area contributed by atoms with Crippen LogP contribution in [0.2, 0.25) is 0 Å². The summed E-state index contributed by atoms with van der Waals surface area (Å²) in [5.41, 5.74) is 3.46. The summed E-state index contributed by atoms with van der Waals surface area (Å²) < 4.78 is 20.7.